The van der Waals surface area contributed by atoms with E-state index in [0.29, 0.717) is 12.8 Å². The second kappa shape index (κ2) is 35.3. The monoisotopic (exact) mass is 748 g/mol. The van der Waals surface area contributed by atoms with E-state index in [0.717, 1.165) is 57.8 Å². The van der Waals surface area contributed by atoms with E-state index in [1.165, 1.54) is 89.9 Å². The van der Waals surface area contributed by atoms with E-state index < -0.39 is 51.1 Å². The van der Waals surface area contributed by atoms with Crippen molar-refractivity contribution < 1.29 is 47.5 Å². The van der Waals surface area contributed by atoms with Crippen molar-refractivity contribution in [3.05, 3.63) is 12.2 Å². The lowest BCUT2D eigenvalue weighted by atomic mass is 10.0. The first kappa shape index (κ1) is 49.2. The molecule has 0 saturated heterocycles. The highest BCUT2D eigenvalue weighted by molar-refractivity contribution is 7.47. The first-order valence-electron chi connectivity index (χ1n) is 20.2. The number of phosphoric acid groups is 1. The number of allylic oxidation sites excluding steroid dienone is 2. The summed E-state index contributed by atoms with van der Waals surface area (Å²) in [6.45, 7) is 2.75. The molecule has 0 aromatic heterocycles. The second-order valence-electron chi connectivity index (χ2n) is 13.8. The normalized spacial score (nSPS) is 14.0. The molecule has 3 unspecified atom stereocenters. The van der Waals surface area contributed by atoms with Gasteiger partial charge in [-0.3, -0.25) is 23.4 Å². The number of unbranched alkanes of at least 4 members (excludes halogenated alkanes) is 22. The number of phosphoric ester groups is 1. The predicted molar refractivity (Wildman–Crippen MR) is 203 cm³/mol. The van der Waals surface area contributed by atoms with Gasteiger partial charge >= 0.3 is 25.7 Å². The molecule has 0 aromatic carbocycles. The maximum absolute atomic E-state index is 12.5. The number of nitrogens with two attached hydrogens (primary N) is 1. The van der Waals surface area contributed by atoms with Gasteiger partial charge in [0.25, 0.3) is 0 Å². The number of hydrogen-bond acceptors (Lipinski definition) is 9. The minimum Gasteiger partial charge on any atom is -0.480 e. The summed E-state index contributed by atoms with van der Waals surface area (Å²) in [5.41, 5.74) is 5.32. The number of carbonyl (C=O) groups excluding carboxylic acids is 2. The van der Waals surface area contributed by atoms with Crippen LogP contribution in [0.2, 0.25) is 0 Å². The fourth-order valence-electron chi connectivity index (χ4n) is 5.52. The zero-order valence-electron chi connectivity index (χ0n) is 32.2. The Morgan fingerprint density at radius 1 is 0.588 bits per heavy atom. The molecule has 0 bridgehead atoms. The Labute approximate surface area is 309 Å². The third-order valence-electron chi connectivity index (χ3n) is 8.76. The first-order chi connectivity index (χ1) is 24.6. The first-order valence-corrected chi connectivity index (χ1v) is 21.7. The molecule has 0 rings (SSSR count). The predicted octanol–water partition coefficient (Wildman–Crippen LogP) is 10.1. The molecule has 11 nitrogen and oxygen atoms in total. The molecule has 51 heavy (non-hydrogen) atoms. The van der Waals surface area contributed by atoms with Crippen LogP contribution in [0.1, 0.15) is 187 Å². The summed E-state index contributed by atoms with van der Waals surface area (Å²) < 4.78 is 32.6. The molecule has 0 heterocycles. The van der Waals surface area contributed by atoms with Crippen molar-refractivity contribution in [2.24, 2.45) is 5.73 Å². The summed E-state index contributed by atoms with van der Waals surface area (Å²) in [6, 6.07) is -1.52. The zero-order chi connectivity index (χ0) is 37.8. The Morgan fingerprint density at radius 3 is 1.49 bits per heavy atom. The van der Waals surface area contributed by atoms with Crippen molar-refractivity contribution in [3.8, 4) is 0 Å². The number of carbonyl (C=O) groups is 3. The highest BCUT2D eigenvalue weighted by Gasteiger charge is 2.28. The fraction of sp³-hybridized carbons (Fsp3) is 0.872. The molecule has 3 atom stereocenters. The smallest absolute Gasteiger partial charge is 0.472 e. The molecule has 0 amide bonds. The van der Waals surface area contributed by atoms with Gasteiger partial charge in [0, 0.05) is 12.8 Å². The Morgan fingerprint density at radius 2 is 1.00 bits per heavy atom. The van der Waals surface area contributed by atoms with Gasteiger partial charge in [-0.25, -0.2) is 4.57 Å². The van der Waals surface area contributed by atoms with Crippen molar-refractivity contribution >= 4 is 25.7 Å². The lowest BCUT2D eigenvalue weighted by Gasteiger charge is -2.20. The molecule has 300 valence electrons. The number of aliphatic carboxylic acids is 1. The summed E-state index contributed by atoms with van der Waals surface area (Å²) in [5, 5.41) is 8.86. The summed E-state index contributed by atoms with van der Waals surface area (Å²) in [7, 11) is -4.71. The number of ether oxygens (including phenoxy) is 2. The van der Waals surface area contributed by atoms with Crippen LogP contribution in [0.3, 0.4) is 0 Å². The van der Waals surface area contributed by atoms with Crippen LogP contribution in [-0.4, -0.2) is 59.9 Å². The summed E-state index contributed by atoms with van der Waals surface area (Å²) in [4.78, 5) is 45.8. The van der Waals surface area contributed by atoms with Crippen LogP contribution in [-0.2, 0) is 37.5 Å². The van der Waals surface area contributed by atoms with Crippen molar-refractivity contribution in [2.45, 2.75) is 199 Å². The molecular weight excluding hydrogens is 673 g/mol. The maximum atomic E-state index is 12.5. The van der Waals surface area contributed by atoms with Crippen LogP contribution in [0.4, 0.5) is 0 Å². The lowest BCUT2D eigenvalue weighted by Crippen LogP contribution is -2.34. The minimum absolute atomic E-state index is 0.154. The van der Waals surface area contributed by atoms with Crippen LogP contribution >= 0.6 is 7.82 Å². The SMILES string of the molecule is CCCC/C=C\CCCCCCCC(=O)OC(COC(=O)CCCCCCCCCCCCCCCCCC)COP(=O)(O)OCC(N)C(=O)O. The minimum atomic E-state index is -4.71. The van der Waals surface area contributed by atoms with Crippen LogP contribution in [0.15, 0.2) is 12.2 Å². The average Bonchev–Trinajstić information content (AvgIpc) is 3.10. The van der Waals surface area contributed by atoms with Gasteiger partial charge < -0.3 is 25.2 Å². The third kappa shape index (κ3) is 35.0. The number of hydrogen-bond donors (Lipinski definition) is 3. The molecule has 0 saturated carbocycles. The van der Waals surface area contributed by atoms with Gasteiger partial charge in [-0.15, -0.1) is 0 Å². The van der Waals surface area contributed by atoms with Gasteiger partial charge in [0.15, 0.2) is 6.10 Å². The number of rotatable bonds is 38. The Hall–Kier alpha value is -1.78. The van der Waals surface area contributed by atoms with E-state index in [1.807, 2.05) is 0 Å². The highest BCUT2D eigenvalue weighted by Crippen LogP contribution is 2.43. The van der Waals surface area contributed by atoms with Gasteiger partial charge in [0.2, 0.25) is 0 Å². The highest BCUT2D eigenvalue weighted by atomic mass is 31.2. The zero-order valence-corrected chi connectivity index (χ0v) is 33.1. The molecule has 12 heteroatoms. The molecule has 0 aliphatic heterocycles. The Balaban J connectivity index is 4.35. The summed E-state index contributed by atoms with van der Waals surface area (Å²) in [5.74, 6) is -2.38. The number of esters is 2. The summed E-state index contributed by atoms with van der Waals surface area (Å²) in [6.07, 6.45) is 32.8. The van der Waals surface area contributed by atoms with Gasteiger partial charge in [-0.05, 0) is 32.1 Å². The number of carboxylic acid groups (broad SMARTS) is 1. The van der Waals surface area contributed by atoms with Crippen molar-refractivity contribution in [2.75, 3.05) is 19.8 Å². The van der Waals surface area contributed by atoms with Crippen LogP contribution < -0.4 is 5.73 Å². The van der Waals surface area contributed by atoms with Crippen molar-refractivity contribution in [3.63, 3.8) is 0 Å². The van der Waals surface area contributed by atoms with Gasteiger partial charge in [-0.2, -0.15) is 0 Å². The van der Waals surface area contributed by atoms with E-state index in [2.05, 4.69) is 30.5 Å². The van der Waals surface area contributed by atoms with E-state index in [9.17, 15) is 23.8 Å². The van der Waals surface area contributed by atoms with Gasteiger partial charge in [-0.1, -0.05) is 154 Å². The van der Waals surface area contributed by atoms with E-state index in [4.69, 9.17) is 24.8 Å². The van der Waals surface area contributed by atoms with Crippen molar-refractivity contribution in [1.82, 2.24) is 0 Å². The second-order valence-corrected chi connectivity index (χ2v) is 15.2. The van der Waals surface area contributed by atoms with E-state index in [1.54, 1.807) is 0 Å². The quantitative estimate of drug-likeness (QED) is 0.0237. The number of carboxylic acids is 1. The van der Waals surface area contributed by atoms with E-state index >= 15 is 0 Å². The molecule has 4 N–H and O–H groups in total. The lowest BCUT2D eigenvalue weighted by molar-refractivity contribution is -0.161. The average molecular weight is 748 g/mol. The van der Waals surface area contributed by atoms with Gasteiger partial charge in [0.1, 0.15) is 12.6 Å². The molecule has 0 aliphatic carbocycles. The molecule has 0 radical (unpaired) electrons. The summed E-state index contributed by atoms with van der Waals surface area (Å²) >= 11 is 0. The molecule has 0 aliphatic rings. The van der Waals surface area contributed by atoms with Crippen LogP contribution in [0.5, 0.6) is 0 Å². The Bertz CT molecular complexity index is 932. The fourth-order valence-corrected chi connectivity index (χ4v) is 6.29. The Kier molecular flexibility index (Phi) is 34.0. The van der Waals surface area contributed by atoms with Gasteiger partial charge in [0.05, 0.1) is 13.2 Å². The molecule has 0 fully saturated rings. The standard InChI is InChI=1S/C39H74NO10P/c1-3-5-7-9-11-13-15-16-17-18-19-21-22-24-26-28-30-37(41)47-32-35(33-48-51(45,46)49-34-36(40)39(43)44)50-38(42)31-29-27-25-23-20-14-12-10-8-6-4-2/h10,12,35-36H,3-9,11,13-34,40H2,1-2H3,(H,43,44)(H,45,46)/b12-10-. The van der Waals surface area contributed by atoms with Crippen molar-refractivity contribution in [1.29, 1.82) is 0 Å². The maximum Gasteiger partial charge on any atom is 0.472 e. The molecular formula is C39H74NO10P. The van der Waals surface area contributed by atoms with E-state index in [-0.39, 0.29) is 19.4 Å². The molecule has 0 aromatic rings. The van der Waals surface area contributed by atoms with Crippen LogP contribution in [0, 0.1) is 0 Å². The topological polar surface area (TPSA) is 172 Å². The third-order valence-corrected chi connectivity index (χ3v) is 9.71. The largest absolute Gasteiger partial charge is 0.480 e. The van der Waals surface area contributed by atoms with Crippen LogP contribution in [0.25, 0.3) is 0 Å². The molecule has 0 spiro atoms.